The number of nitriles is 1. The number of ether oxygens (including phenoxy) is 3. The van der Waals surface area contributed by atoms with Crippen molar-refractivity contribution in [1.82, 2.24) is 0 Å². The SMILES string of the molecule is COC(=O)C1=C(C)OC(N)=C(C#N)[C@H]1c1ccc(OCc2ccccc2)cc1. The van der Waals surface area contributed by atoms with Crippen LogP contribution < -0.4 is 10.5 Å². The first kappa shape index (κ1) is 19.1. The van der Waals surface area contributed by atoms with Crippen molar-refractivity contribution in [1.29, 1.82) is 5.26 Å². The Morgan fingerprint density at radius 1 is 1.18 bits per heavy atom. The van der Waals surface area contributed by atoms with Crippen LogP contribution in [0.25, 0.3) is 0 Å². The lowest BCUT2D eigenvalue weighted by molar-refractivity contribution is -0.136. The van der Waals surface area contributed by atoms with Gasteiger partial charge in [0.05, 0.1) is 18.6 Å². The van der Waals surface area contributed by atoms with Crippen LogP contribution in [-0.2, 0) is 20.9 Å². The molecule has 0 saturated carbocycles. The van der Waals surface area contributed by atoms with Gasteiger partial charge in [0.15, 0.2) is 0 Å². The molecule has 1 aliphatic rings. The van der Waals surface area contributed by atoms with Gasteiger partial charge < -0.3 is 19.9 Å². The number of hydrogen-bond donors (Lipinski definition) is 1. The van der Waals surface area contributed by atoms with Crippen LogP contribution in [0.2, 0.25) is 0 Å². The Labute approximate surface area is 163 Å². The van der Waals surface area contributed by atoms with E-state index in [1.165, 1.54) is 7.11 Å². The third kappa shape index (κ3) is 3.84. The van der Waals surface area contributed by atoms with Gasteiger partial charge in [0.1, 0.15) is 29.8 Å². The number of nitrogens with zero attached hydrogens (tertiary/aromatic N) is 1. The molecule has 0 fully saturated rings. The number of methoxy groups -OCH3 is 1. The van der Waals surface area contributed by atoms with Crippen molar-refractivity contribution in [3.63, 3.8) is 0 Å². The maximum Gasteiger partial charge on any atom is 0.338 e. The van der Waals surface area contributed by atoms with Crippen LogP contribution in [0.4, 0.5) is 0 Å². The predicted octanol–water partition coefficient (Wildman–Crippen LogP) is 3.52. The fourth-order valence-electron chi connectivity index (χ4n) is 3.09. The molecule has 28 heavy (non-hydrogen) atoms. The average molecular weight is 376 g/mol. The van der Waals surface area contributed by atoms with E-state index >= 15 is 0 Å². The zero-order chi connectivity index (χ0) is 20.1. The van der Waals surface area contributed by atoms with Crippen molar-refractivity contribution in [2.75, 3.05) is 7.11 Å². The monoisotopic (exact) mass is 376 g/mol. The van der Waals surface area contributed by atoms with E-state index in [2.05, 4.69) is 0 Å². The zero-order valence-electron chi connectivity index (χ0n) is 15.6. The van der Waals surface area contributed by atoms with Gasteiger partial charge in [0.2, 0.25) is 5.88 Å². The van der Waals surface area contributed by atoms with Gasteiger partial charge in [-0.3, -0.25) is 0 Å². The van der Waals surface area contributed by atoms with Gasteiger partial charge in [-0.05, 0) is 30.2 Å². The smallest absolute Gasteiger partial charge is 0.338 e. The van der Waals surface area contributed by atoms with Crippen molar-refractivity contribution in [3.05, 3.63) is 88.5 Å². The molecule has 6 nitrogen and oxygen atoms in total. The number of benzene rings is 2. The highest BCUT2D eigenvalue weighted by Crippen LogP contribution is 2.39. The van der Waals surface area contributed by atoms with Crippen molar-refractivity contribution >= 4 is 5.97 Å². The molecule has 0 bridgehead atoms. The first-order chi connectivity index (χ1) is 13.5. The first-order valence-corrected chi connectivity index (χ1v) is 8.68. The van der Waals surface area contributed by atoms with E-state index in [0.29, 0.717) is 18.1 Å². The van der Waals surface area contributed by atoms with E-state index in [1.807, 2.05) is 36.4 Å². The van der Waals surface area contributed by atoms with Crippen molar-refractivity contribution in [3.8, 4) is 11.8 Å². The van der Waals surface area contributed by atoms with Crippen LogP contribution in [0.3, 0.4) is 0 Å². The van der Waals surface area contributed by atoms with Gasteiger partial charge in [-0.15, -0.1) is 0 Å². The largest absolute Gasteiger partial charge is 0.489 e. The van der Waals surface area contributed by atoms with E-state index in [0.717, 1.165) is 11.1 Å². The highest BCUT2D eigenvalue weighted by atomic mass is 16.5. The van der Waals surface area contributed by atoms with Crippen LogP contribution in [0, 0.1) is 11.3 Å². The zero-order valence-corrected chi connectivity index (χ0v) is 15.6. The fraction of sp³-hybridized carbons (Fsp3) is 0.182. The molecule has 3 rings (SSSR count). The minimum atomic E-state index is -0.658. The lowest BCUT2D eigenvalue weighted by Gasteiger charge is -2.26. The normalized spacial score (nSPS) is 16.2. The van der Waals surface area contributed by atoms with Crippen LogP contribution in [0.1, 0.15) is 24.0 Å². The Hall–Kier alpha value is -3.72. The number of hydrogen-bond acceptors (Lipinski definition) is 6. The number of rotatable bonds is 5. The van der Waals surface area contributed by atoms with Gasteiger partial charge in [-0.25, -0.2) is 4.79 Å². The van der Waals surface area contributed by atoms with E-state index in [1.54, 1.807) is 31.2 Å². The van der Waals surface area contributed by atoms with Crippen molar-refractivity contribution in [2.24, 2.45) is 5.73 Å². The summed E-state index contributed by atoms with van der Waals surface area (Å²) in [4.78, 5) is 12.3. The Bertz CT molecular complexity index is 970. The van der Waals surface area contributed by atoms with Crippen LogP contribution >= 0.6 is 0 Å². The third-order valence-corrected chi connectivity index (χ3v) is 4.47. The molecule has 0 radical (unpaired) electrons. The average Bonchev–Trinajstić information content (AvgIpc) is 2.72. The molecule has 0 aliphatic carbocycles. The maximum absolute atomic E-state index is 12.3. The summed E-state index contributed by atoms with van der Waals surface area (Å²) in [6.45, 7) is 2.07. The minimum Gasteiger partial charge on any atom is -0.489 e. The predicted molar refractivity (Wildman–Crippen MR) is 103 cm³/mol. The summed E-state index contributed by atoms with van der Waals surface area (Å²) in [5, 5.41) is 9.55. The van der Waals surface area contributed by atoms with Gasteiger partial charge in [0, 0.05) is 0 Å². The molecule has 2 aromatic carbocycles. The molecule has 142 valence electrons. The number of esters is 1. The quantitative estimate of drug-likeness (QED) is 0.803. The molecule has 0 saturated heterocycles. The standard InChI is InChI=1S/C22H20N2O4/c1-14-19(22(25)26-2)20(18(12-23)21(24)28-14)16-8-10-17(11-9-16)27-13-15-6-4-3-5-7-15/h3-11,20H,13,24H2,1-2H3/t20-/m1/s1. The summed E-state index contributed by atoms with van der Waals surface area (Å²) in [7, 11) is 1.29. The molecule has 1 atom stereocenters. The summed E-state index contributed by atoms with van der Waals surface area (Å²) >= 11 is 0. The summed E-state index contributed by atoms with van der Waals surface area (Å²) in [5.41, 5.74) is 8.08. The number of carbonyl (C=O) groups is 1. The molecule has 0 aromatic heterocycles. The first-order valence-electron chi connectivity index (χ1n) is 8.68. The molecule has 0 amide bonds. The number of allylic oxidation sites excluding steroid dienone is 2. The van der Waals surface area contributed by atoms with E-state index in [4.69, 9.17) is 19.9 Å². The second-order valence-electron chi connectivity index (χ2n) is 6.23. The van der Waals surface area contributed by atoms with Crippen LogP contribution in [0.15, 0.2) is 77.4 Å². The molecule has 0 unspecified atom stereocenters. The van der Waals surface area contributed by atoms with Gasteiger partial charge in [0.25, 0.3) is 0 Å². The number of nitrogens with two attached hydrogens (primary N) is 1. The van der Waals surface area contributed by atoms with Gasteiger partial charge in [-0.2, -0.15) is 5.26 Å². The van der Waals surface area contributed by atoms with E-state index in [9.17, 15) is 10.1 Å². The fourth-order valence-corrected chi connectivity index (χ4v) is 3.09. The highest BCUT2D eigenvalue weighted by molar-refractivity contribution is 5.92. The molecule has 1 heterocycles. The van der Waals surface area contributed by atoms with Crippen molar-refractivity contribution < 1.29 is 19.0 Å². The molecular formula is C22H20N2O4. The summed E-state index contributed by atoms with van der Waals surface area (Å²) in [6, 6.07) is 19.1. The summed E-state index contributed by atoms with van der Waals surface area (Å²) < 4.78 is 16.0. The van der Waals surface area contributed by atoms with Crippen LogP contribution in [-0.4, -0.2) is 13.1 Å². The molecular weight excluding hydrogens is 356 g/mol. The molecule has 6 heteroatoms. The Kier molecular flexibility index (Phi) is 5.66. The number of carbonyl (C=O) groups excluding carboxylic acids is 1. The second kappa shape index (κ2) is 8.31. The third-order valence-electron chi connectivity index (χ3n) is 4.47. The Morgan fingerprint density at radius 3 is 2.46 bits per heavy atom. The maximum atomic E-state index is 12.3. The summed E-state index contributed by atoms with van der Waals surface area (Å²) in [5.74, 6) is -0.239. The summed E-state index contributed by atoms with van der Waals surface area (Å²) in [6.07, 6.45) is 0. The molecule has 0 spiro atoms. The topological polar surface area (TPSA) is 94.6 Å². The minimum absolute atomic E-state index is 0.0120. The van der Waals surface area contributed by atoms with Gasteiger partial charge in [-0.1, -0.05) is 42.5 Å². The second-order valence-corrected chi connectivity index (χ2v) is 6.23. The van der Waals surface area contributed by atoms with E-state index < -0.39 is 11.9 Å². The molecule has 1 aliphatic heterocycles. The molecule has 2 N–H and O–H groups in total. The van der Waals surface area contributed by atoms with Crippen molar-refractivity contribution in [2.45, 2.75) is 19.4 Å². The highest BCUT2D eigenvalue weighted by Gasteiger charge is 2.35. The van der Waals surface area contributed by atoms with Crippen LogP contribution in [0.5, 0.6) is 5.75 Å². The Morgan fingerprint density at radius 2 is 1.86 bits per heavy atom. The Balaban J connectivity index is 1.88. The lowest BCUT2D eigenvalue weighted by Crippen LogP contribution is -2.25. The molecule has 2 aromatic rings. The van der Waals surface area contributed by atoms with E-state index in [-0.39, 0.29) is 17.0 Å². The lowest BCUT2D eigenvalue weighted by atomic mass is 9.83. The van der Waals surface area contributed by atoms with Gasteiger partial charge >= 0.3 is 5.97 Å².